The number of unbranched alkanes of at least 4 members (excludes halogenated alkanes) is 6. The summed E-state index contributed by atoms with van der Waals surface area (Å²) in [7, 11) is -1.40. The summed E-state index contributed by atoms with van der Waals surface area (Å²) in [5, 5.41) is 14.8. The van der Waals surface area contributed by atoms with Crippen LogP contribution in [-0.4, -0.2) is 92.1 Å². The van der Waals surface area contributed by atoms with Crippen LogP contribution in [0.1, 0.15) is 150 Å². The summed E-state index contributed by atoms with van der Waals surface area (Å²) in [5.74, 6) is -1.08. The van der Waals surface area contributed by atoms with Crippen molar-refractivity contribution in [2.24, 2.45) is 29.1 Å². The first-order valence-corrected chi connectivity index (χ1v) is 28.9. The molecule has 4 N–H and O–H groups in total. The first kappa shape index (κ1) is 54.8. The van der Waals surface area contributed by atoms with Gasteiger partial charge in [0.25, 0.3) is 5.91 Å². The van der Waals surface area contributed by atoms with Crippen LogP contribution in [0.15, 0.2) is 48.5 Å². The zero-order valence-electron chi connectivity index (χ0n) is 42.2. The molecule has 1 saturated heterocycles. The van der Waals surface area contributed by atoms with Gasteiger partial charge in [0, 0.05) is 59.3 Å². The number of amides is 2. The fraction of sp³-hybridized carbons (Fsp3) is 0.636. The maximum atomic E-state index is 13.6. The van der Waals surface area contributed by atoms with Crippen molar-refractivity contribution in [1.82, 2.24) is 20.2 Å². The quantitative estimate of drug-likeness (QED) is 0.0515. The molecule has 3 fully saturated rings. The van der Waals surface area contributed by atoms with E-state index in [-0.39, 0.29) is 35.2 Å². The lowest BCUT2D eigenvalue weighted by molar-refractivity contribution is -0.284. The smallest absolute Gasteiger partial charge is 0.453 e. The highest BCUT2D eigenvalue weighted by Crippen LogP contribution is 2.63. The number of benzene rings is 2. The fourth-order valence-electron chi connectivity index (χ4n) is 12.5. The molecular weight excluding hydrogens is 986 g/mol. The van der Waals surface area contributed by atoms with Gasteiger partial charge in [0.05, 0.1) is 23.3 Å². The normalized spacial score (nSPS) is 23.7. The van der Waals surface area contributed by atoms with Crippen LogP contribution in [0.4, 0.5) is 32.7 Å². The van der Waals surface area contributed by atoms with Crippen LogP contribution >= 0.6 is 11.3 Å². The maximum absolute atomic E-state index is 13.6. The van der Waals surface area contributed by atoms with Gasteiger partial charge in [0.1, 0.15) is 16.3 Å². The van der Waals surface area contributed by atoms with Crippen LogP contribution in [0.3, 0.4) is 0 Å². The summed E-state index contributed by atoms with van der Waals surface area (Å²) < 4.78 is 88.1. The summed E-state index contributed by atoms with van der Waals surface area (Å²) >= 11 is 1.28. The standard InChI is InChI=1S/C55H72F5N5O6S2/c1-3-62-49(67)45-34-43-48(63-51(61)64-50(43)72-45)37-14-11-15-39(32-37)70-28-23-35-21-26-65(27-22-35)52(68)71-40-16-17-41-38(33-40)31-36(47-42(41)20-25-53(2)44(47)18-19-46(53)66)13-9-7-5-4-6-8-10-29-73(69)30-12-24-54(56,57)55(58,59)60/h11,14-17,32-36,42,44,46-47,66H,3-10,12-13,18-31H2,1-2H3,(H,62,67)(H2,61,63,64)/t36-,42-,44?,46+,47-,53+,73?/m1/s1. The Morgan fingerprint density at radius 1 is 0.904 bits per heavy atom. The second kappa shape index (κ2) is 24.1. The molecular formula is C55H72F5N5O6S2. The molecule has 2 saturated carbocycles. The monoisotopic (exact) mass is 1060 g/mol. The van der Waals surface area contributed by atoms with Crippen molar-refractivity contribution in [2.45, 2.75) is 154 Å². The third-order valence-electron chi connectivity index (χ3n) is 16.5. The highest BCUT2D eigenvalue weighted by atomic mass is 32.2. The Kier molecular flexibility index (Phi) is 18.1. The van der Waals surface area contributed by atoms with E-state index in [0.717, 1.165) is 107 Å². The average molecular weight is 1060 g/mol. The molecule has 0 spiro atoms. The number of fused-ring (bicyclic) bond motifs is 6. The number of nitrogens with two attached hydrogens (primary N) is 1. The topological polar surface area (TPSA) is 157 Å². The molecule has 0 bridgehead atoms. The fourth-order valence-corrected chi connectivity index (χ4v) is 14.7. The molecule has 4 aromatic rings. The Labute approximate surface area is 432 Å². The number of carbonyl (C=O) groups is 2. The predicted octanol–water partition coefficient (Wildman–Crippen LogP) is 12.7. The Hall–Kier alpha value is -4.42. The summed E-state index contributed by atoms with van der Waals surface area (Å²) in [6.45, 7) is 6.43. The molecule has 18 heteroatoms. The van der Waals surface area contributed by atoms with Crippen molar-refractivity contribution in [2.75, 3.05) is 43.5 Å². The zero-order valence-corrected chi connectivity index (χ0v) is 43.8. The van der Waals surface area contributed by atoms with Gasteiger partial charge in [-0.2, -0.15) is 22.0 Å². The highest BCUT2D eigenvalue weighted by molar-refractivity contribution is 7.84. The molecule has 3 heterocycles. The number of carbonyl (C=O) groups excluding carboxylic acids is 2. The number of ether oxygens (including phenoxy) is 2. The summed E-state index contributed by atoms with van der Waals surface area (Å²) in [6, 6.07) is 15.8. The lowest BCUT2D eigenvalue weighted by atomic mass is 9.52. The molecule has 11 nitrogen and oxygen atoms in total. The second-order valence-corrected chi connectivity index (χ2v) is 24.0. The molecule has 2 aromatic carbocycles. The van der Waals surface area contributed by atoms with E-state index in [2.05, 4.69) is 34.3 Å². The number of aromatic nitrogens is 2. The van der Waals surface area contributed by atoms with Gasteiger partial charge in [-0.3, -0.25) is 9.00 Å². The van der Waals surface area contributed by atoms with Gasteiger partial charge in [0.2, 0.25) is 5.95 Å². The maximum Gasteiger partial charge on any atom is 0.453 e. The zero-order chi connectivity index (χ0) is 51.9. The number of nitrogen functional groups attached to an aromatic ring is 1. The number of piperidine rings is 1. The van der Waals surface area contributed by atoms with E-state index >= 15 is 0 Å². The summed E-state index contributed by atoms with van der Waals surface area (Å²) in [4.78, 5) is 38.0. The van der Waals surface area contributed by atoms with Crippen molar-refractivity contribution in [3.8, 4) is 22.8 Å². The largest absolute Gasteiger partial charge is 0.494 e. The van der Waals surface area contributed by atoms with Crippen LogP contribution in [0, 0.1) is 29.1 Å². The second-order valence-electron chi connectivity index (χ2n) is 21.3. The number of aliphatic hydroxyl groups excluding tert-OH is 1. The Balaban J connectivity index is 0.785. The number of aliphatic hydroxyl groups is 1. The van der Waals surface area contributed by atoms with Crippen molar-refractivity contribution >= 4 is 50.3 Å². The summed E-state index contributed by atoms with van der Waals surface area (Å²) in [6.07, 6.45) is 7.32. The molecule has 3 aliphatic carbocycles. The van der Waals surface area contributed by atoms with Crippen molar-refractivity contribution in [3.05, 3.63) is 64.5 Å². The van der Waals surface area contributed by atoms with Gasteiger partial charge >= 0.3 is 18.2 Å². The van der Waals surface area contributed by atoms with Crippen LogP contribution < -0.4 is 20.5 Å². The van der Waals surface area contributed by atoms with E-state index in [0.29, 0.717) is 94.9 Å². The molecule has 8 rings (SSSR count). The Morgan fingerprint density at radius 2 is 1.64 bits per heavy atom. The van der Waals surface area contributed by atoms with Crippen LogP contribution in [0.2, 0.25) is 0 Å². The van der Waals surface area contributed by atoms with Crippen LogP contribution in [0.5, 0.6) is 11.5 Å². The molecule has 1 aliphatic heterocycles. The van der Waals surface area contributed by atoms with Gasteiger partial charge in [-0.05, 0) is 154 Å². The third kappa shape index (κ3) is 13.2. The van der Waals surface area contributed by atoms with E-state index in [1.807, 2.05) is 42.2 Å². The van der Waals surface area contributed by atoms with E-state index < -0.39 is 35.7 Å². The molecule has 2 unspecified atom stereocenters. The molecule has 4 aliphatic rings. The number of rotatable bonds is 22. The number of nitrogens with zero attached hydrogens (tertiary/aromatic N) is 3. The minimum Gasteiger partial charge on any atom is -0.494 e. The summed E-state index contributed by atoms with van der Waals surface area (Å²) in [5.41, 5.74) is 10.1. The average Bonchev–Trinajstić information content (AvgIpc) is 3.92. The SMILES string of the molecule is CCNC(=O)c1cc2c(-c3cccc(OCCC4CCN(C(=O)Oc5ccc6c(c5)C[C@@H](CCCCCCCCCS(=O)CCCC(F)(F)C(F)(F)F)[C@H]5C7CC[C@H](O)[C@@]7(C)CC[C@H]65)CC4)c3)nc(N)nc2s1. The first-order valence-electron chi connectivity index (χ1n) is 26.6. The van der Waals surface area contributed by atoms with E-state index in [4.69, 9.17) is 15.2 Å². The number of likely N-dealkylation sites (tertiary alicyclic amines) is 1. The van der Waals surface area contributed by atoms with Gasteiger partial charge in [-0.15, -0.1) is 11.3 Å². The number of hydrogen-bond donors (Lipinski definition) is 3. The van der Waals surface area contributed by atoms with Gasteiger partial charge in [-0.25, -0.2) is 14.8 Å². The Morgan fingerprint density at radius 3 is 2.40 bits per heavy atom. The minimum absolute atomic E-state index is 0.0646. The molecule has 73 heavy (non-hydrogen) atoms. The number of nitrogens with one attached hydrogen (secondary N) is 1. The number of hydrogen-bond acceptors (Lipinski definition) is 10. The molecule has 2 amide bonds. The predicted molar refractivity (Wildman–Crippen MR) is 277 cm³/mol. The van der Waals surface area contributed by atoms with Crippen LogP contribution in [0.25, 0.3) is 21.5 Å². The highest BCUT2D eigenvalue weighted by Gasteiger charge is 2.57. The van der Waals surface area contributed by atoms with E-state index in [9.17, 15) is 40.9 Å². The molecule has 0 radical (unpaired) electrons. The number of thiophene rings is 1. The third-order valence-corrected chi connectivity index (χ3v) is 19.0. The Bertz CT molecular complexity index is 2550. The molecule has 400 valence electrons. The van der Waals surface area contributed by atoms with Crippen molar-refractivity contribution in [3.63, 3.8) is 0 Å². The lowest BCUT2D eigenvalue weighted by Crippen LogP contribution is -2.47. The van der Waals surface area contributed by atoms with Crippen molar-refractivity contribution < 1.29 is 50.3 Å². The van der Waals surface area contributed by atoms with E-state index in [1.165, 1.54) is 22.5 Å². The minimum atomic E-state index is -5.57. The number of halogens is 5. The molecule has 7 atom stereocenters. The number of anilines is 1. The van der Waals surface area contributed by atoms with Gasteiger partial charge < -0.3 is 30.5 Å². The van der Waals surface area contributed by atoms with Gasteiger partial charge in [-0.1, -0.05) is 63.6 Å². The van der Waals surface area contributed by atoms with Crippen molar-refractivity contribution in [1.29, 1.82) is 0 Å². The van der Waals surface area contributed by atoms with Gasteiger partial charge in [0.15, 0.2) is 0 Å². The lowest BCUT2D eigenvalue weighted by Gasteiger charge is -2.53. The first-order chi connectivity index (χ1) is 34.9. The molecule has 2 aromatic heterocycles. The number of alkyl halides is 5. The van der Waals surface area contributed by atoms with Crippen LogP contribution in [-0.2, 0) is 17.2 Å². The van der Waals surface area contributed by atoms with E-state index in [1.54, 1.807) is 6.07 Å².